The van der Waals surface area contributed by atoms with Crippen LogP contribution in [0.1, 0.15) is 31.5 Å². The number of fused-ring (bicyclic) bond motifs is 1. The molecule has 0 amide bonds. The third-order valence-corrected chi connectivity index (χ3v) is 5.60. The average molecular weight is 387 g/mol. The van der Waals surface area contributed by atoms with Crippen LogP contribution in [0.2, 0.25) is 0 Å². The summed E-state index contributed by atoms with van der Waals surface area (Å²) in [6, 6.07) is 15.9. The first-order valence-corrected chi connectivity index (χ1v) is 10.3. The molecule has 1 saturated carbocycles. The van der Waals surface area contributed by atoms with E-state index in [0.717, 1.165) is 58.6 Å². The fourth-order valence-electron chi connectivity index (χ4n) is 4.05. The summed E-state index contributed by atoms with van der Waals surface area (Å²) in [5.41, 5.74) is 4.02. The summed E-state index contributed by atoms with van der Waals surface area (Å²) in [5, 5.41) is 10.5. The average Bonchev–Trinajstić information content (AvgIpc) is 3.50. The lowest BCUT2D eigenvalue weighted by Crippen LogP contribution is -2.21. The summed E-state index contributed by atoms with van der Waals surface area (Å²) < 4.78 is 6.03. The summed E-state index contributed by atoms with van der Waals surface area (Å²) in [4.78, 5) is 8.09. The molecule has 29 heavy (non-hydrogen) atoms. The maximum atomic E-state index is 6.03. The van der Waals surface area contributed by atoms with E-state index in [1.54, 1.807) is 6.20 Å². The SMILES string of the molecule is c1cc(-c2ccc(Oc3ccc4nc(CNCC5CCCC5)[nH]c4c3)cc2)[nH]n1. The highest BCUT2D eigenvalue weighted by Gasteiger charge is 2.14. The number of aromatic amines is 2. The van der Waals surface area contributed by atoms with Crippen LogP contribution in [-0.2, 0) is 6.54 Å². The van der Waals surface area contributed by atoms with Crippen molar-refractivity contribution in [1.82, 2.24) is 25.5 Å². The molecule has 2 aromatic carbocycles. The Morgan fingerprint density at radius 3 is 2.62 bits per heavy atom. The van der Waals surface area contributed by atoms with Crippen LogP contribution in [0, 0.1) is 5.92 Å². The largest absolute Gasteiger partial charge is 0.457 e. The molecule has 3 N–H and O–H groups in total. The van der Waals surface area contributed by atoms with Gasteiger partial charge in [-0.15, -0.1) is 0 Å². The standard InChI is InChI=1S/C23H25N5O/c1-2-4-16(3-1)14-24-15-23-26-21-10-9-19(13-22(21)27-23)29-18-7-5-17(6-8-18)20-11-12-25-28-20/h5-13,16,24H,1-4,14-15H2,(H,25,28)(H,26,27). The first kappa shape index (κ1) is 17.9. The van der Waals surface area contributed by atoms with Crippen LogP contribution in [-0.4, -0.2) is 26.7 Å². The maximum absolute atomic E-state index is 6.03. The number of nitrogens with one attached hydrogen (secondary N) is 3. The van der Waals surface area contributed by atoms with E-state index in [0.29, 0.717) is 0 Å². The van der Waals surface area contributed by atoms with Gasteiger partial charge in [-0.2, -0.15) is 5.10 Å². The van der Waals surface area contributed by atoms with Crippen LogP contribution < -0.4 is 10.1 Å². The second kappa shape index (κ2) is 8.09. The van der Waals surface area contributed by atoms with Crippen molar-refractivity contribution in [3.8, 4) is 22.8 Å². The maximum Gasteiger partial charge on any atom is 0.129 e. The van der Waals surface area contributed by atoms with Gasteiger partial charge in [-0.3, -0.25) is 5.10 Å². The van der Waals surface area contributed by atoms with E-state index in [9.17, 15) is 0 Å². The highest BCUT2D eigenvalue weighted by Crippen LogP contribution is 2.27. The van der Waals surface area contributed by atoms with Crippen molar-refractivity contribution in [1.29, 1.82) is 0 Å². The minimum atomic E-state index is 0.774. The third kappa shape index (κ3) is 4.17. The predicted octanol–water partition coefficient (Wildman–Crippen LogP) is 5.03. The first-order chi connectivity index (χ1) is 14.3. The molecule has 0 radical (unpaired) electrons. The van der Waals surface area contributed by atoms with Crippen molar-refractivity contribution in [3.63, 3.8) is 0 Å². The molecule has 6 nitrogen and oxygen atoms in total. The van der Waals surface area contributed by atoms with Crippen LogP contribution in [0.5, 0.6) is 11.5 Å². The molecule has 0 spiro atoms. The molecule has 6 heteroatoms. The van der Waals surface area contributed by atoms with Gasteiger partial charge in [0.05, 0.1) is 23.3 Å². The summed E-state index contributed by atoms with van der Waals surface area (Å²) in [5.74, 6) is 3.39. The Balaban J connectivity index is 1.23. The van der Waals surface area contributed by atoms with Crippen molar-refractivity contribution in [3.05, 3.63) is 60.6 Å². The quantitative estimate of drug-likeness (QED) is 0.416. The number of hydrogen-bond acceptors (Lipinski definition) is 4. The molecule has 0 aliphatic heterocycles. The fourth-order valence-corrected chi connectivity index (χ4v) is 4.05. The molecule has 1 fully saturated rings. The molecule has 1 aliphatic carbocycles. The fraction of sp³-hybridized carbons (Fsp3) is 0.304. The van der Waals surface area contributed by atoms with Crippen molar-refractivity contribution in [2.75, 3.05) is 6.54 Å². The number of nitrogens with zero attached hydrogens (tertiary/aromatic N) is 2. The lowest BCUT2D eigenvalue weighted by molar-refractivity contribution is 0.483. The Hall–Kier alpha value is -3.12. The zero-order valence-corrected chi connectivity index (χ0v) is 16.3. The van der Waals surface area contributed by atoms with Gasteiger partial charge in [0.2, 0.25) is 0 Å². The molecule has 0 saturated heterocycles. The molecule has 2 aromatic heterocycles. The number of hydrogen-bond donors (Lipinski definition) is 3. The van der Waals surface area contributed by atoms with Gasteiger partial charge in [-0.25, -0.2) is 4.98 Å². The molecule has 0 bridgehead atoms. The molecule has 0 atom stereocenters. The molecule has 1 aliphatic rings. The second-order valence-corrected chi connectivity index (χ2v) is 7.74. The number of H-pyrrole nitrogens is 2. The van der Waals surface area contributed by atoms with E-state index in [1.165, 1.54) is 25.7 Å². The van der Waals surface area contributed by atoms with E-state index in [2.05, 4.69) is 25.5 Å². The predicted molar refractivity (Wildman–Crippen MR) is 114 cm³/mol. The number of benzene rings is 2. The van der Waals surface area contributed by atoms with Crippen molar-refractivity contribution >= 4 is 11.0 Å². The molecular formula is C23H25N5O. The molecule has 2 heterocycles. The van der Waals surface area contributed by atoms with E-state index >= 15 is 0 Å². The molecule has 5 rings (SSSR count). The van der Waals surface area contributed by atoms with Gasteiger partial charge in [0, 0.05) is 12.3 Å². The molecule has 0 unspecified atom stereocenters. The van der Waals surface area contributed by atoms with Gasteiger partial charge in [-0.05, 0) is 73.3 Å². The van der Waals surface area contributed by atoms with Crippen molar-refractivity contribution in [2.24, 2.45) is 5.92 Å². The second-order valence-electron chi connectivity index (χ2n) is 7.74. The number of imidazole rings is 1. The van der Waals surface area contributed by atoms with E-state index < -0.39 is 0 Å². The third-order valence-electron chi connectivity index (χ3n) is 5.60. The van der Waals surface area contributed by atoms with E-state index in [4.69, 9.17) is 4.74 Å². The lowest BCUT2D eigenvalue weighted by Gasteiger charge is -2.08. The summed E-state index contributed by atoms with van der Waals surface area (Å²) >= 11 is 0. The van der Waals surface area contributed by atoms with Gasteiger partial charge in [0.1, 0.15) is 17.3 Å². The highest BCUT2D eigenvalue weighted by atomic mass is 16.5. The van der Waals surface area contributed by atoms with Crippen LogP contribution >= 0.6 is 0 Å². The number of ether oxygens (including phenoxy) is 1. The van der Waals surface area contributed by atoms with E-state index in [-0.39, 0.29) is 0 Å². The normalized spacial score (nSPS) is 14.6. The Morgan fingerprint density at radius 2 is 1.83 bits per heavy atom. The van der Waals surface area contributed by atoms with Crippen LogP contribution in [0.25, 0.3) is 22.3 Å². The number of rotatable bonds is 7. The Labute approximate surface area is 169 Å². The zero-order chi connectivity index (χ0) is 19.5. The zero-order valence-electron chi connectivity index (χ0n) is 16.3. The topological polar surface area (TPSA) is 78.6 Å². The first-order valence-electron chi connectivity index (χ1n) is 10.3. The highest BCUT2D eigenvalue weighted by molar-refractivity contribution is 5.77. The van der Waals surface area contributed by atoms with Gasteiger partial charge in [0.25, 0.3) is 0 Å². The van der Waals surface area contributed by atoms with Crippen LogP contribution in [0.3, 0.4) is 0 Å². The Bertz CT molecular complexity index is 1060. The number of aromatic nitrogens is 4. The van der Waals surface area contributed by atoms with Crippen molar-refractivity contribution in [2.45, 2.75) is 32.2 Å². The molecular weight excluding hydrogens is 362 g/mol. The monoisotopic (exact) mass is 387 g/mol. The Kier molecular flexibility index (Phi) is 5.01. The summed E-state index contributed by atoms with van der Waals surface area (Å²) in [7, 11) is 0. The minimum absolute atomic E-state index is 0.774. The van der Waals surface area contributed by atoms with Gasteiger partial charge >= 0.3 is 0 Å². The van der Waals surface area contributed by atoms with Crippen LogP contribution in [0.15, 0.2) is 54.7 Å². The van der Waals surface area contributed by atoms with E-state index in [1.807, 2.05) is 48.5 Å². The van der Waals surface area contributed by atoms with Gasteiger partial charge in [-0.1, -0.05) is 12.8 Å². The summed E-state index contributed by atoms with van der Waals surface area (Å²) in [6.45, 7) is 1.86. The molecule has 148 valence electrons. The van der Waals surface area contributed by atoms with Crippen molar-refractivity contribution < 1.29 is 4.74 Å². The Morgan fingerprint density at radius 1 is 1.00 bits per heavy atom. The van der Waals surface area contributed by atoms with Gasteiger partial charge in [0.15, 0.2) is 0 Å². The molecule has 4 aromatic rings. The minimum Gasteiger partial charge on any atom is -0.457 e. The van der Waals surface area contributed by atoms with Gasteiger partial charge < -0.3 is 15.0 Å². The van der Waals surface area contributed by atoms with Crippen LogP contribution in [0.4, 0.5) is 0 Å². The summed E-state index contributed by atoms with van der Waals surface area (Å²) in [6.07, 6.45) is 7.22. The smallest absolute Gasteiger partial charge is 0.129 e. The lowest BCUT2D eigenvalue weighted by atomic mass is 10.1.